The van der Waals surface area contributed by atoms with Gasteiger partial charge >= 0.3 is 0 Å². The molecule has 0 saturated carbocycles. The van der Waals surface area contributed by atoms with Crippen molar-refractivity contribution in [2.45, 2.75) is 19.9 Å². The van der Waals surface area contributed by atoms with Crippen LogP contribution in [0, 0.1) is 0 Å². The number of amides is 1. The van der Waals surface area contributed by atoms with Gasteiger partial charge in [0.15, 0.2) is 5.69 Å². The SMILES string of the molecule is CC(C)n1cc(Cl)c(C(N)=O)n1. The van der Waals surface area contributed by atoms with E-state index in [0.717, 1.165) is 0 Å². The summed E-state index contributed by atoms with van der Waals surface area (Å²) in [5.74, 6) is -0.598. The molecule has 4 nitrogen and oxygen atoms in total. The molecule has 0 unspecified atom stereocenters. The summed E-state index contributed by atoms with van der Waals surface area (Å²) in [4.78, 5) is 10.7. The number of rotatable bonds is 2. The molecule has 1 aromatic heterocycles. The normalized spacial score (nSPS) is 10.7. The van der Waals surface area contributed by atoms with Gasteiger partial charge in [-0.2, -0.15) is 5.10 Å². The second-order valence-electron chi connectivity index (χ2n) is 2.76. The molecule has 5 heteroatoms. The van der Waals surface area contributed by atoms with Crippen molar-refractivity contribution in [1.29, 1.82) is 0 Å². The van der Waals surface area contributed by atoms with E-state index in [1.807, 2.05) is 13.8 Å². The molecule has 66 valence electrons. The van der Waals surface area contributed by atoms with Crippen molar-refractivity contribution >= 4 is 17.5 Å². The third kappa shape index (κ3) is 1.58. The van der Waals surface area contributed by atoms with Crippen LogP contribution < -0.4 is 5.73 Å². The average molecular weight is 188 g/mol. The summed E-state index contributed by atoms with van der Waals surface area (Å²) in [6.07, 6.45) is 1.59. The van der Waals surface area contributed by atoms with Crippen molar-refractivity contribution < 1.29 is 4.79 Å². The number of aromatic nitrogens is 2. The lowest BCUT2D eigenvalue weighted by Gasteiger charge is -2.02. The monoisotopic (exact) mass is 187 g/mol. The molecule has 0 radical (unpaired) electrons. The summed E-state index contributed by atoms with van der Waals surface area (Å²) < 4.78 is 1.60. The third-order valence-corrected chi connectivity index (χ3v) is 1.73. The molecule has 12 heavy (non-hydrogen) atoms. The molecule has 0 aliphatic rings. The minimum atomic E-state index is -0.598. The molecule has 1 amide bonds. The Morgan fingerprint density at radius 1 is 1.75 bits per heavy atom. The summed E-state index contributed by atoms with van der Waals surface area (Å²) in [5.41, 5.74) is 5.16. The van der Waals surface area contributed by atoms with Crippen molar-refractivity contribution in [3.8, 4) is 0 Å². The van der Waals surface area contributed by atoms with Gasteiger partial charge < -0.3 is 5.73 Å². The van der Waals surface area contributed by atoms with Gasteiger partial charge in [-0.05, 0) is 13.8 Å². The number of hydrogen-bond donors (Lipinski definition) is 1. The van der Waals surface area contributed by atoms with Crippen molar-refractivity contribution in [1.82, 2.24) is 9.78 Å². The Balaban J connectivity index is 3.09. The minimum absolute atomic E-state index is 0.130. The number of halogens is 1. The summed E-state index contributed by atoms with van der Waals surface area (Å²) >= 11 is 5.70. The van der Waals surface area contributed by atoms with Crippen LogP contribution in [0.2, 0.25) is 5.02 Å². The van der Waals surface area contributed by atoms with Gasteiger partial charge in [0.2, 0.25) is 0 Å². The number of carbonyl (C=O) groups is 1. The second kappa shape index (κ2) is 3.15. The number of hydrogen-bond acceptors (Lipinski definition) is 2. The fraction of sp³-hybridized carbons (Fsp3) is 0.429. The van der Waals surface area contributed by atoms with Crippen LogP contribution in [0.3, 0.4) is 0 Å². The van der Waals surface area contributed by atoms with Gasteiger partial charge in [0.1, 0.15) is 0 Å². The molecule has 0 spiro atoms. The Labute approximate surface area is 75.3 Å². The van der Waals surface area contributed by atoms with E-state index in [1.165, 1.54) is 0 Å². The van der Waals surface area contributed by atoms with Gasteiger partial charge in [-0.15, -0.1) is 0 Å². The molecule has 1 aromatic rings. The smallest absolute Gasteiger partial charge is 0.270 e. The van der Waals surface area contributed by atoms with Gasteiger partial charge in [0.25, 0.3) is 5.91 Å². The predicted octanol–water partition coefficient (Wildman–Crippen LogP) is 1.22. The lowest BCUT2D eigenvalue weighted by molar-refractivity contribution is 0.0994. The van der Waals surface area contributed by atoms with Crippen molar-refractivity contribution in [3.63, 3.8) is 0 Å². The largest absolute Gasteiger partial charge is 0.364 e. The molecule has 0 atom stereocenters. The van der Waals surface area contributed by atoms with Crippen LogP contribution in [0.4, 0.5) is 0 Å². The lowest BCUT2D eigenvalue weighted by Crippen LogP contribution is -2.13. The van der Waals surface area contributed by atoms with E-state index in [1.54, 1.807) is 10.9 Å². The van der Waals surface area contributed by atoms with Crippen LogP contribution in [-0.4, -0.2) is 15.7 Å². The summed E-state index contributed by atoms with van der Waals surface area (Å²) in [6.45, 7) is 3.88. The van der Waals surface area contributed by atoms with Gasteiger partial charge in [-0.25, -0.2) is 0 Å². The Kier molecular flexibility index (Phi) is 2.38. The van der Waals surface area contributed by atoms with E-state index in [9.17, 15) is 4.79 Å². The molecule has 0 aliphatic heterocycles. The molecular formula is C7H10ClN3O. The zero-order valence-corrected chi connectivity index (χ0v) is 7.67. The van der Waals surface area contributed by atoms with Gasteiger partial charge in [0, 0.05) is 12.2 Å². The van der Waals surface area contributed by atoms with E-state index in [2.05, 4.69) is 5.10 Å². The highest BCUT2D eigenvalue weighted by atomic mass is 35.5. The maximum atomic E-state index is 10.7. The van der Waals surface area contributed by atoms with Crippen LogP contribution in [-0.2, 0) is 0 Å². The summed E-state index contributed by atoms with van der Waals surface area (Å²) in [6, 6.07) is 0.176. The Bertz CT molecular complexity index is 306. The van der Waals surface area contributed by atoms with Crippen LogP contribution in [0.15, 0.2) is 6.20 Å². The second-order valence-corrected chi connectivity index (χ2v) is 3.17. The minimum Gasteiger partial charge on any atom is -0.364 e. The molecule has 0 aromatic carbocycles. The third-order valence-electron chi connectivity index (χ3n) is 1.45. The van der Waals surface area contributed by atoms with Gasteiger partial charge in [-0.3, -0.25) is 9.48 Å². The number of nitrogens with zero attached hydrogens (tertiary/aromatic N) is 2. The molecule has 0 fully saturated rings. The average Bonchev–Trinajstić information content (AvgIpc) is 2.30. The maximum absolute atomic E-state index is 10.7. The van der Waals surface area contributed by atoms with Crippen molar-refractivity contribution in [3.05, 3.63) is 16.9 Å². The zero-order chi connectivity index (χ0) is 9.30. The maximum Gasteiger partial charge on any atom is 0.270 e. The topological polar surface area (TPSA) is 60.9 Å². The summed E-state index contributed by atoms with van der Waals surface area (Å²) in [5, 5.41) is 4.22. The van der Waals surface area contributed by atoms with Crippen LogP contribution in [0.5, 0.6) is 0 Å². The Hall–Kier alpha value is -1.03. The van der Waals surface area contributed by atoms with E-state index in [0.29, 0.717) is 5.02 Å². The van der Waals surface area contributed by atoms with Gasteiger partial charge in [0.05, 0.1) is 5.02 Å². The van der Waals surface area contributed by atoms with Crippen LogP contribution in [0.1, 0.15) is 30.4 Å². The van der Waals surface area contributed by atoms with E-state index >= 15 is 0 Å². The van der Waals surface area contributed by atoms with E-state index in [-0.39, 0.29) is 11.7 Å². The number of nitrogens with two attached hydrogens (primary N) is 1. The lowest BCUT2D eigenvalue weighted by atomic mass is 10.4. The molecule has 1 rings (SSSR count). The molecule has 2 N–H and O–H groups in total. The highest BCUT2D eigenvalue weighted by molar-refractivity contribution is 6.33. The zero-order valence-electron chi connectivity index (χ0n) is 6.91. The highest BCUT2D eigenvalue weighted by Crippen LogP contribution is 2.15. The Morgan fingerprint density at radius 2 is 2.33 bits per heavy atom. The molecule has 1 heterocycles. The molecule has 0 saturated heterocycles. The number of primary amides is 1. The van der Waals surface area contributed by atoms with Crippen LogP contribution >= 0.6 is 11.6 Å². The fourth-order valence-corrected chi connectivity index (χ4v) is 1.03. The van der Waals surface area contributed by atoms with Crippen LogP contribution in [0.25, 0.3) is 0 Å². The quantitative estimate of drug-likeness (QED) is 0.757. The molecule has 0 bridgehead atoms. The first-order valence-electron chi connectivity index (χ1n) is 3.57. The first-order chi connectivity index (χ1) is 5.52. The number of carbonyl (C=O) groups excluding carboxylic acids is 1. The standard InChI is InChI=1S/C7H10ClN3O/c1-4(2)11-3-5(8)6(10-11)7(9)12/h3-4H,1-2H3,(H2,9,12). The first kappa shape index (κ1) is 9.06. The molecular weight excluding hydrogens is 178 g/mol. The Morgan fingerprint density at radius 3 is 2.58 bits per heavy atom. The fourth-order valence-electron chi connectivity index (χ4n) is 0.801. The van der Waals surface area contributed by atoms with E-state index < -0.39 is 5.91 Å². The highest BCUT2D eigenvalue weighted by Gasteiger charge is 2.12. The van der Waals surface area contributed by atoms with Gasteiger partial charge in [-0.1, -0.05) is 11.6 Å². The van der Waals surface area contributed by atoms with E-state index in [4.69, 9.17) is 17.3 Å². The molecule has 0 aliphatic carbocycles. The first-order valence-corrected chi connectivity index (χ1v) is 3.94. The van der Waals surface area contributed by atoms with Crippen molar-refractivity contribution in [2.75, 3.05) is 0 Å². The predicted molar refractivity (Wildman–Crippen MR) is 46.1 cm³/mol. The van der Waals surface area contributed by atoms with Crippen molar-refractivity contribution in [2.24, 2.45) is 5.73 Å². The summed E-state index contributed by atoms with van der Waals surface area (Å²) in [7, 11) is 0.